The minimum absolute atomic E-state index is 0.0500. The smallest absolute Gasteiger partial charge is 0.310 e. The predicted octanol–water partition coefficient (Wildman–Crippen LogP) is 2.42. The monoisotopic (exact) mass is 444 g/mol. The van der Waals surface area contributed by atoms with Crippen molar-refractivity contribution in [2.24, 2.45) is 11.8 Å². The zero-order valence-electron chi connectivity index (χ0n) is 18.2. The Bertz CT molecular complexity index is 1050. The molecule has 0 radical (unpaired) electrons. The maximum atomic E-state index is 12.9. The first-order chi connectivity index (χ1) is 15.5. The molecule has 0 aromatic heterocycles. The van der Waals surface area contributed by atoms with Gasteiger partial charge in [-0.25, -0.2) is 0 Å². The molecule has 9 heteroatoms. The largest absolute Gasteiger partial charge is 0.493 e. The van der Waals surface area contributed by atoms with Gasteiger partial charge in [0.05, 0.1) is 47.1 Å². The van der Waals surface area contributed by atoms with Crippen LogP contribution in [0.1, 0.15) is 28.7 Å². The SMILES string of the molecule is COc1cc([C@@H]2c3cc4c(c(OC)c3[C@H](O)[C@H]3COC(=O)[C@@H]23)OCO4)cc(OC)c1OC. The van der Waals surface area contributed by atoms with Gasteiger partial charge in [-0.1, -0.05) is 0 Å². The molecule has 1 fully saturated rings. The topological polar surface area (TPSA) is 102 Å². The average molecular weight is 444 g/mol. The van der Waals surface area contributed by atoms with Crippen molar-refractivity contribution >= 4 is 5.97 Å². The molecule has 2 heterocycles. The molecule has 9 nitrogen and oxygen atoms in total. The quantitative estimate of drug-likeness (QED) is 0.697. The molecule has 2 aromatic carbocycles. The van der Waals surface area contributed by atoms with Gasteiger partial charge in [-0.05, 0) is 29.3 Å². The van der Waals surface area contributed by atoms with E-state index in [-0.39, 0.29) is 19.4 Å². The number of aliphatic hydroxyl groups is 1. The van der Waals surface area contributed by atoms with Crippen molar-refractivity contribution in [3.63, 3.8) is 0 Å². The zero-order valence-corrected chi connectivity index (χ0v) is 18.2. The van der Waals surface area contributed by atoms with Gasteiger partial charge in [0, 0.05) is 17.4 Å². The van der Waals surface area contributed by atoms with E-state index < -0.39 is 23.9 Å². The van der Waals surface area contributed by atoms with Crippen LogP contribution in [0.25, 0.3) is 0 Å². The molecule has 0 bridgehead atoms. The third kappa shape index (κ3) is 2.77. The standard InChI is InChI=1S/C23H24O9/c1-26-13-5-10(6-14(27-2)20(13)28-3)16-11-7-15-21(32-9-31-15)22(29-4)18(11)19(24)12-8-30-23(25)17(12)16/h5-7,12,16-17,19,24H,8-9H2,1-4H3/t12-,16+,17+,19+/m0/s1. The lowest BCUT2D eigenvalue weighted by molar-refractivity contribution is -0.141. The average Bonchev–Trinajstić information content (AvgIpc) is 3.44. The fraction of sp³-hybridized carbons (Fsp3) is 0.435. The summed E-state index contributed by atoms with van der Waals surface area (Å²) in [5, 5.41) is 11.3. The maximum absolute atomic E-state index is 12.9. The van der Waals surface area contributed by atoms with Gasteiger partial charge in [-0.3, -0.25) is 4.79 Å². The second kappa shape index (κ2) is 7.67. The van der Waals surface area contributed by atoms with Crippen LogP contribution in [0, 0.1) is 11.8 Å². The number of hydrogen-bond acceptors (Lipinski definition) is 9. The van der Waals surface area contributed by atoms with Crippen molar-refractivity contribution in [2.45, 2.75) is 12.0 Å². The summed E-state index contributed by atoms with van der Waals surface area (Å²) in [6.45, 7) is 0.164. The highest BCUT2D eigenvalue weighted by molar-refractivity contribution is 5.79. The fourth-order valence-electron chi connectivity index (χ4n) is 5.11. The maximum Gasteiger partial charge on any atom is 0.310 e. The van der Waals surface area contributed by atoms with Crippen molar-refractivity contribution in [2.75, 3.05) is 41.8 Å². The lowest BCUT2D eigenvalue weighted by Crippen LogP contribution is -2.35. The third-order valence-electron chi connectivity index (χ3n) is 6.49. The van der Waals surface area contributed by atoms with Gasteiger partial charge in [-0.2, -0.15) is 0 Å². The highest BCUT2D eigenvalue weighted by Gasteiger charge is 2.53. The molecule has 0 saturated carbocycles. The molecule has 0 spiro atoms. The number of aliphatic hydroxyl groups excluding tert-OH is 1. The predicted molar refractivity (Wildman–Crippen MR) is 110 cm³/mol. The van der Waals surface area contributed by atoms with Crippen LogP contribution < -0.4 is 28.4 Å². The van der Waals surface area contributed by atoms with Crippen molar-refractivity contribution < 1.29 is 43.1 Å². The molecule has 5 rings (SSSR count). The highest BCUT2D eigenvalue weighted by Crippen LogP contribution is 2.59. The van der Waals surface area contributed by atoms with Crippen LogP contribution in [0.2, 0.25) is 0 Å². The van der Waals surface area contributed by atoms with Crippen LogP contribution in [0.15, 0.2) is 18.2 Å². The second-order valence-corrected chi connectivity index (χ2v) is 7.85. The number of hydrogen-bond donors (Lipinski definition) is 1. The van der Waals surface area contributed by atoms with E-state index in [4.69, 9.17) is 33.2 Å². The van der Waals surface area contributed by atoms with Gasteiger partial charge < -0.3 is 38.3 Å². The Morgan fingerprint density at radius 1 is 0.906 bits per heavy atom. The molecule has 1 N–H and O–H groups in total. The summed E-state index contributed by atoms with van der Waals surface area (Å²) in [5.41, 5.74) is 2.02. The van der Waals surface area contributed by atoms with Crippen LogP contribution >= 0.6 is 0 Å². The van der Waals surface area contributed by atoms with Gasteiger partial charge in [-0.15, -0.1) is 0 Å². The van der Waals surface area contributed by atoms with Gasteiger partial charge >= 0.3 is 5.97 Å². The summed E-state index contributed by atoms with van der Waals surface area (Å²) in [5.74, 6) is 0.823. The van der Waals surface area contributed by atoms with Crippen LogP contribution in [0.4, 0.5) is 0 Å². The minimum Gasteiger partial charge on any atom is -0.493 e. The number of cyclic esters (lactones) is 1. The van der Waals surface area contributed by atoms with Gasteiger partial charge in [0.15, 0.2) is 23.0 Å². The van der Waals surface area contributed by atoms with Crippen LogP contribution in [-0.4, -0.2) is 52.9 Å². The number of methoxy groups -OCH3 is 4. The normalized spacial score (nSPS) is 25.0. The number of benzene rings is 2. The van der Waals surface area contributed by atoms with Gasteiger partial charge in [0.2, 0.25) is 18.3 Å². The molecule has 1 saturated heterocycles. The van der Waals surface area contributed by atoms with Crippen molar-refractivity contribution in [1.29, 1.82) is 0 Å². The summed E-state index contributed by atoms with van der Waals surface area (Å²) in [4.78, 5) is 12.9. The Kier molecular flexibility index (Phi) is 4.93. The van der Waals surface area contributed by atoms with E-state index in [2.05, 4.69) is 0 Å². The Balaban J connectivity index is 1.79. The molecule has 0 amide bonds. The first-order valence-corrected chi connectivity index (χ1v) is 10.2. The lowest BCUT2D eigenvalue weighted by atomic mass is 9.66. The number of ether oxygens (including phenoxy) is 7. The molecular weight excluding hydrogens is 420 g/mol. The molecule has 2 aliphatic heterocycles. The summed E-state index contributed by atoms with van der Waals surface area (Å²) in [6.07, 6.45) is -0.968. The van der Waals surface area contributed by atoms with Crippen LogP contribution in [0.5, 0.6) is 34.5 Å². The van der Waals surface area contributed by atoms with E-state index in [1.165, 1.54) is 28.4 Å². The Morgan fingerprint density at radius 3 is 2.22 bits per heavy atom. The molecule has 4 atom stereocenters. The Labute approximate surface area is 184 Å². The second-order valence-electron chi connectivity index (χ2n) is 7.85. The summed E-state index contributed by atoms with van der Waals surface area (Å²) in [7, 11) is 6.12. The first-order valence-electron chi connectivity index (χ1n) is 10.2. The van der Waals surface area contributed by atoms with E-state index in [9.17, 15) is 9.90 Å². The molecular formula is C23H24O9. The lowest BCUT2D eigenvalue weighted by Gasteiger charge is -2.37. The van der Waals surface area contributed by atoms with E-state index in [0.29, 0.717) is 45.6 Å². The number of fused-ring (bicyclic) bond motifs is 3. The first kappa shape index (κ1) is 20.6. The van der Waals surface area contributed by atoms with Crippen molar-refractivity contribution in [3.8, 4) is 34.5 Å². The van der Waals surface area contributed by atoms with E-state index in [0.717, 1.165) is 5.56 Å². The molecule has 3 aliphatic rings. The Morgan fingerprint density at radius 2 is 1.59 bits per heavy atom. The van der Waals surface area contributed by atoms with Crippen molar-refractivity contribution in [1.82, 2.24) is 0 Å². The molecule has 32 heavy (non-hydrogen) atoms. The molecule has 2 aromatic rings. The summed E-state index contributed by atoms with van der Waals surface area (Å²) >= 11 is 0. The summed E-state index contributed by atoms with van der Waals surface area (Å²) in [6, 6.07) is 5.43. The van der Waals surface area contributed by atoms with E-state index in [1.54, 1.807) is 6.07 Å². The number of carbonyl (C=O) groups excluding carboxylic acids is 1. The van der Waals surface area contributed by atoms with Crippen LogP contribution in [0.3, 0.4) is 0 Å². The number of carbonyl (C=O) groups is 1. The van der Waals surface area contributed by atoms with Crippen molar-refractivity contribution in [3.05, 3.63) is 34.9 Å². The third-order valence-corrected chi connectivity index (χ3v) is 6.49. The van der Waals surface area contributed by atoms with Gasteiger partial charge in [0.1, 0.15) is 0 Å². The highest BCUT2D eigenvalue weighted by atomic mass is 16.7. The number of esters is 1. The summed E-state index contributed by atoms with van der Waals surface area (Å²) < 4.78 is 38.8. The molecule has 170 valence electrons. The van der Waals surface area contributed by atoms with E-state index in [1.807, 2.05) is 12.1 Å². The van der Waals surface area contributed by atoms with E-state index >= 15 is 0 Å². The minimum atomic E-state index is -0.968. The fourth-order valence-corrected chi connectivity index (χ4v) is 5.11. The van der Waals surface area contributed by atoms with Crippen LogP contribution in [-0.2, 0) is 9.53 Å². The van der Waals surface area contributed by atoms with Gasteiger partial charge in [0.25, 0.3) is 0 Å². The zero-order chi connectivity index (χ0) is 22.6. The molecule has 0 unspecified atom stereocenters. The Hall–Kier alpha value is -3.33. The number of rotatable bonds is 5. The molecule has 1 aliphatic carbocycles.